The largest absolute Gasteiger partial charge is 0.436 e. The number of benzene rings is 2. The molecule has 2 unspecified atom stereocenters. The van der Waals surface area contributed by atoms with Gasteiger partial charge in [-0.1, -0.05) is 0 Å². The zero-order valence-corrected chi connectivity index (χ0v) is 17.0. The highest BCUT2D eigenvalue weighted by Crippen LogP contribution is 2.39. The summed E-state index contributed by atoms with van der Waals surface area (Å²) in [6.07, 6.45) is 1.08. The van der Waals surface area contributed by atoms with Gasteiger partial charge in [-0.2, -0.15) is 0 Å². The number of carbonyl (C=O) groups excluding carboxylic acids is 2. The number of aromatic nitrogens is 1. The van der Waals surface area contributed by atoms with Gasteiger partial charge in [0.2, 0.25) is 5.89 Å². The second kappa shape index (κ2) is 7.25. The van der Waals surface area contributed by atoms with E-state index in [9.17, 15) is 19.1 Å². The molecule has 31 heavy (non-hydrogen) atoms. The van der Waals surface area contributed by atoms with Gasteiger partial charge in [-0.3, -0.25) is 9.69 Å². The minimum Gasteiger partial charge on any atom is -0.436 e. The zero-order valence-electron chi connectivity index (χ0n) is 17.0. The number of rotatable bonds is 4. The number of aldehydes is 1. The average Bonchev–Trinajstić information content (AvgIpc) is 3.28. The summed E-state index contributed by atoms with van der Waals surface area (Å²) in [5.74, 6) is -0.0867. The van der Waals surface area contributed by atoms with Crippen LogP contribution >= 0.6 is 0 Å². The van der Waals surface area contributed by atoms with E-state index in [-0.39, 0.29) is 23.8 Å². The van der Waals surface area contributed by atoms with E-state index in [1.807, 2.05) is 11.8 Å². The van der Waals surface area contributed by atoms with Gasteiger partial charge in [0, 0.05) is 55.3 Å². The van der Waals surface area contributed by atoms with Crippen LogP contribution in [0.25, 0.3) is 22.6 Å². The van der Waals surface area contributed by atoms with Crippen LogP contribution in [-0.4, -0.2) is 69.4 Å². The standard InChI is InChI=1S/C23H22FN3O4/c1-14-12-26(20-11-23(20,30)13-28)8-9-27(14)22(29)16-4-2-15(3-5-16)21-25-18-7-6-17(24)10-19(18)31-21/h2-7,10,13-14,20,30H,8-9,11-12H2,1H3/t14?,20?,23-/m0/s1. The summed E-state index contributed by atoms with van der Waals surface area (Å²) in [6.45, 7) is 3.74. The number of piperazine rings is 1. The lowest BCUT2D eigenvalue weighted by Gasteiger charge is -2.40. The highest BCUT2D eigenvalue weighted by atomic mass is 19.1. The number of oxazole rings is 1. The summed E-state index contributed by atoms with van der Waals surface area (Å²) in [7, 11) is 0. The van der Waals surface area contributed by atoms with Crippen molar-refractivity contribution in [2.24, 2.45) is 0 Å². The van der Waals surface area contributed by atoms with Gasteiger partial charge in [0.25, 0.3) is 5.91 Å². The van der Waals surface area contributed by atoms with Gasteiger partial charge in [0.05, 0.1) is 0 Å². The van der Waals surface area contributed by atoms with Gasteiger partial charge >= 0.3 is 0 Å². The number of aliphatic hydroxyl groups is 1. The number of fused-ring (bicyclic) bond motifs is 1. The molecule has 1 aliphatic heterocycles. The molecule has 1 amide bonds. The minimum atomic E-state index is -1.22. The first kappa shape index (κ1) is 19.8. The first-order valence-corrected chi connectivity index (χ1v) is 10.3. The van der Waals surface area contributed by atoms with Crippen molar-refractivity contribution in [2.45, 2.75) is 31.0 Å². The smallest absolute Gasteiger partial charge is 0.254 e. The second-order valence-electron chi connectivity index (χ2n) is 8.38. The van der Waals surface area contributed by atoms with Crippen LogP contribution < -0.4 is 0 Å². The van der Waals surface area contributed by atoms with E-state index in [2.05, 4.69) is 9.88 Å². The van der Waals surface area contributed by atoms with Crippen LogP contribution in [0, 0.1) is 5.82 Å². The number of halogens is 1. The van der Waals surface area contributed by atoms with E-state index in [1.165, 1.54) is 12.1 Å². The molecule has 1 N–H and O–H groups in total. The maximum absolute atomic E-state index is 13.4. The van der Waals surface area contributed by atoms with Crippen LogP contribution in [0.15, 0.2) is 46.9 Å². The van der Waals surface area contributed by atoms with Crippen molar-refractivity contribution in [2.75, 3.05) is 19.6 Å². The van der Waals surface area contributed by atoms with Crippen molar-refractivity contribution in [3.05, 3.63) is 53.8 Å². The van der Waals surface area contributed by atoms with E-state index in [0.29, 0.717) is 60.5 Å². The Morgan fingerprint density at radius 1 is 1.26 bits per heavy atom. The first-order valence-electron chi connectivity index (χ1n) is 10.3. The number of hydrogen-bond donors (Lipinski definition) is 1. The Kier molecular flexibility index (Phi) is 4.64. The third-order valence-corrected chi connectivity index (χ3v) is 6.23. The first-order chi connectivity index (χ1) is 14.9. The van der Waals surface area contributed by atoms with Gasteiger partial charge in [-0.25, -0.2) is 9.37 Å². The summed E-state index contributed by atoms with van der Waals surface area (Å²) in [6, 6.07) is 11.0. The monoisotopic (exact) mass is 423 g/mol. The molecule has 3 aromatic rings. The molecule has 1 aliphatic carbocycles. The predicted octanol–water partition coefficient (Wildman–Crippen LogP) is 2.48. The lowest BCUT2D eigenvalue weighted by Crippen LogP contribution is -2.55. The number of amides is 1. The van der Waals surface area contributed by atoms with E-state index in [1.54, 1.807) is 30.3 Å². The van der Waals surface area contributed by atoms with Gasteiger partial charge in [-0.15, -0.1) is 0 Å². The minimum absolute atomic E-state index is 0.0376. The molecule has 0 bridgehead atoms. The molecule has 2 heterocycles. The van der Waals surface area contributed by atoms with Crippen molar-refractivity contribution in [3.8, 4) is 11.5 Å². The third kappa shape index (κ3) is 3.51. The Morgan fingerprint density at radius 2 is 2.03 bits per heavy atom. The Labute approximate surface area is 178 Å². The van der Waals surface area contributed by atoms with Crippen LogP contribution in [-0.2, 0) is 4.79 Å². The Hall–Kier alpha value is -3.10. The molecule has 160 valence electrons. The van der Waals surface area contributed by atoms with E-state index in [4.69, 9.17) is 4.42 Å². The lowest BCUT2D eigenvalue weighted by molar-refractivity contribution is -0.118. The molecule has 0 spiro atoms. The highest BCUT2D eigenvalue weighted by Gasteiger charge is 2.57. The fraction of sp³-hybridized carbons (Fsp3) is 0.348. The molecule has 8 heteroatoms. The molecule has 1 saturated carbocycles. The third-order valence-electron chi connectivity index (χ3n) is 6.23. The fourth-order valence-corrected chi connectivity index (χ4v) is 4.34. The van der Waals surface area contributed by atoms with Crippen LogP contribution in [0.5, 0.6) is 0 Å². The van der Waals surface area contributed by atoms with Crippen LogP contribution in [0.2, 0.25) is 0 Å². The molecule has 1 aromatic heterocycles. The van der Waals surface area contributed by atoms with E-state index < -0.39 is 5.60 Å². The molecule has 0 radical (unpaired) electrons. The number of carbonyl (C=O) groups is 2. The molecule has 2 aromatic carbocycles. The molecule has 5 rings (SSSR count). The second-order valence-corrected chi connectivity index (χ2v) is 8.38. The normalized spacial score (nSPS) is 26.2. The van der Waals surface area contributed by atoms with Crippen molar-refractivity contribution < 1.29 is 23.5 Å². The molecule has 1 saturated heterocycles. The maximum Gasteiger partial charge on any atom is 0.254 e. The van der Waals surface area contributed by atoms with Crippen molar-refractivity contribution in [1.29, 1.82) is 0 Å². The maximum atomic E-state index is 13.4. The lowest BCUT2D eigenvalue weighted by atomic mass is 10.1. The van der Waals surface area contributed by atoms with E-state index >= 15 is 0 Å². The van der Waals surface area contributed by atoms with Crippen LogP contribution in [0.4, 0.5) is 4.39 Å². The molecule has 2 aliphatic rings. The van der Waals surface area contributed by atoms with Crippen molar-refractivity contribution in [1.82, 2.24) is 14.8 Å². The Morgan fingerprint density at radius 3 is 2.71 bits per heavy atom. The quantitative estimate of drug-likeness (QED) is 0.649. The SMILES string of the molecule is CC1CN(C2C[C@]2(O)C=O)CCN1C(=O)c1ccc(-c2nc3ccc(F)cc3o2)cc1. The topological polar surface area (TPSA) is 86.9 Å². The molecule has 7 nitrogen and oxygen atoms in total. The van der Waals surface area contributed by atoms with Crippen LogP contribution in [0.1, 0.15) is 23.7 Å². The summed E-state index contributed by atoms with van der Waals surface area (Å²) < 4.78 is 19.0. The summed E-state index contributed by atoms with van der Waals surface area (Å²) in [5.41, 5.74) is 0.979. The molecule has 2 fully saturated rings. The van der Waals surface area contributed by atoms with E-state index in [0.717, 1.165) is 0 Å². The molecular formula is C23H22FN3O4. The van der Waals surface area contributed by atoms with Crippen molar-refractivity contribution >= 4 is 23.3 Å². The van der Waals surface area contributed by atoms with Gasteiger partial charge in [0.1, 0.15) is 16.9 Å². The summed E-state index contributed by atoms with van der Waals surface area (Å²) in [5, 5.41) is 10.0. The zero-order chi connectivity index (χ0) is 21.8. The number of nitrogens with zero attached hydrogens (tertiary/aromatic N) is 3. The molecular weight excluding hydrogens is 401 g/mol. The highest BCUT2D eigenvalue weighted by molar-refractivity contribution is 5.95. The summed E-state index contributed by atoms with van der Waals surface area (Å²) >= 11 is 0. The van der Waals surface area contributed by atoms with Gasteiger partial charge in [0.15, 0.2) is 11.9 Å². The van der Waals surface area contributed by atoms with Gasteiger partial charge < -0.3 is 19.2 Å². The average molecular weight is 423 g/mol. The fourth-order valence-electron chi connectivity index (χ4n) is 4.34. The Balaban J connectivity index is 1.28. The van der Waals surface area contributed by atoms with Crippen molar-refractivity contribution in [3.63, 3.8) is 0 Å². The number of hydrogen-bond acceptors (Lipinski definition) is 6. The van der Waals surface area contributed by atoms with Gasteiger partial charge in [-0.05, 0) is 43.3 Å². The summed E-state index contributed by atoms with van der Waals surface area (Å²) in [4.78, 5) is 32.3. The Bertz CT molecular complexity index is 1160. The predicted molar refractivity (Wildman–Crippen MR) is 111 cm³/mol. The molecule has 3 atom stereocenters. The van der Waals surface area contributed by atoms with Crippen LogP contribution in [0.3, 0.4) is 0 Å².